The number of amides is 2. The number of morpholine rings is 1. The maximum Gasteiger partial charge on any atom is 0.317 e. The van der Waals surface area contributed by atoms with Gasteiger partial charge in [-0.3, -0.25) is 9.69 Å². The molecular formula is C19H26FN3O4. The summed E-state index contributed by atoms with van der Waals surface area (Å²) in [6, 6.07) is 6.28. The van der Waals surface area contributed by atoms with Crippen molar-refractivity contribution < 1.29 is 23.8 Å². The number of urea groups is 1. The molecule has 1 saturated heterocycles. The Kier molecular flexibility index (Phi) is 6.28. The first-order chi connectivity index (χ1) is 13.0. The molecule has 0 aromatic heterocycles. The number of likely N-dealkylation sites (N-methyl/N-ethyl adjacent to an activating group) is 1. The molecule has 1 aromatic rings. The average molecular weight is 379 g/mol. The fourth-order valence-corrected chi connectivity index (χ4v) is 3.66. The zero-order chi connectivity index (χ0) is 19.4. The Morgan fingerprint density at radius 3 is 2.67 bits per heavy atom. The highest BCUT2D eigenvalue weighted by molar-refractivity contribution is 5.75. The van der Waals surface area contributed by atoms with E-state index in [1.807, 2.05) is 11.8 Å². The van der Waals surface area contributed by atoms with Crippen molar-refractivity contribution in [2.75, 3.05) is 32.8 Å². The van der Waals surface area contributed by atoms with Gasteiger partial charge in [-0.1, -0.05) is 19.1 Å². The Morgan fingerprint density at radius 1 is 1.33 bits per heavy atom. The van der Waals surface area contributed by atoms with Gasteiger partial charge in [-0.05, 0) is 37.1 Å². The number of nitrogens with one attached hydrogen (secondary N) is 1. The van der Waals surface area contributed by atoms with Crippen LogP contribution in [0.1, 0.15) is 31.4 Å². The Morgan fingerprint density at radius 2 is 2.04 bits per heavy atom. The Balaban J connectivity index is 1.47. The maximum absolute atomic E-state index is 13.1. The molecule has 1 unspecified atom stereocenters. The number of carboxylic acids is 1. The van der Waals surface area contributed by atoms with Gasteiger partial charge in [-0.25, -0.2) is 9.18 Å². The maximum atomic E-state index is 13.1. The van der Waals surface area contributed by atoms with E-state index in [4.69, 9.17) is 9.84 Å². The molecule has 0 spiro atoms. The van der Waals surface area contributed by atoms with Crippen LogP contribution in [0, 0.1) is 5.82 Å². The molecule has 8 heteroatoms. The number of carboxylic acid groups (broad SMARTS) is 1. The standard InChI is InChI=1S/C19H26FN3O4/c1-2-22(12-18(24)25)16-9-15(10-16)21-19(26)23-7-8-27-17(11-23)13-3-5-14(20)6-4-13/h3-6,15-17H,2,7-12H2,1H3,(H,21,26)(H,24,25). The number of halogens is 1. The lowest BCUT2D eigenvalue weighted by molar-refractivity contribution is -0.139. The van der Waals surface area contributed by atoms with Crippen molar-refractivity contribution in [1.29, 1.82) is 0 Å². The van der Waals surface area contributed by atoms with Crippen LogP contribution in [0.25, 0.3) is 0 Å². The normalized spacial score (nSPS) is 25.1. The number of hydrogen-bond acceptors (Lipinski definition) is 4. The van der Waals surface area contributed by atoms with Gasteiger partial charge in [0.25, 0.3) is 0 Å². The molecule has 0 radical (unpaired) electrons. The smallest absolute Gasteiger partial charge is 0.317 e. The van der Waals surface area contributed by atoms with Crippen LogP contribution in [0.5, 0.6) is 0 Å². The summed E-state index contributed by atoms with van der Waals surface area (Å²) in [5.41, 5.74) is 0.852. The lowest BCUT2D eigenvalue weighted by atomic mass is 9.85. The van der Waals surface area contributed by atoms with Crippen LogP contribution in [-0.4, -0.2) is 71.8 Å². The second kappa shape index (κ2) is 8.67. The molecule has 0 bridgehead atoms. The minimum absolute atomic E-state index is 0.0324. The zero-order valence-corrected chi connectivity index (χ0v) is 15.4. The summed E-state index contributed by atoms with van der Waals surface area (Å²) in [5, 5.41) is 12.0. The van der Waals surface area contributed by atoms with Crippen LogP contribution in [0.2, 0.25) is 0 Å². The first-order valence-electron chi connectivity index (χ1n) is 9.34. The summed E-state index contributed by atoms with van der Waals surface area (Å²) in [4.78, 5) is 27.1. The van der Waals surface area contributed by atoms with Gasteiger partial charge in [0.05, 0.1) is 19.7 Å². The minimum Gasteiger partial charge on any atom is -0.480 e. The van der Waals surface area contributed by atoms with Gasteiger partial charge in [0, 0.05) is 18.6 Å². The molecule has 1 aliphatic heterocycles. The van der Waals surface area contributed by atoms with E-state index in [1.165, 1.54) is 12.1 Å². The number of carbonyl (C=O) groups excluding carboxylic acids is 1. The fourth-order valence-electron chi connectivity index (χ4n) is 3.66. The van der Waals surface area contributed by atoms with Gasteiger partial charge >= 0.3 is 12.0 Å². The summed E-state index contributed by atoms with van der Waals surface area (Å²) in [5.74, 6) is -1.13. The Bertz CT molecular complexity index is 663. The van der Waals surface area contributed by atoms with Crippen LogP contribution < -0.4 is 5.32 Å². The third-order valence-corrected chi connectivity index (χ3v) is 5.30. The predicted molar refractivity (Wildman–Crippen MR) is 96.9 cm³/mol. The highest BCUT2D eigenvalue weighted by Gasteiger charge is 2.36. The molecule has 1 atom stereocenters. The van der Waals surface area contributed by atoms with E-state index in [0.29, 0.717) is 26.2 Å². The van der Waals surface area contributed by atoms with E-state index in [0.717, 1.165) is 18.4 Å². The predicted octanol–water partition coefficient (Wildman–Crippen LogP) is 1.85. The van der Waals surface area contributed by atoms with Gasteiger partial charge < -0.3 is 20.1 Å². The van der Waals surface area contributed by atoms with Crippen LogP contribution in [0.4, 0.5) is 9.18 Å². The minimum atomic E-state index is -0.829. The molecule has 2 fully saturated rings. The molecular weight excluding hydrogens is 353 g/mol. The van der Waals surface area contributed by atoms with Gasteiger partial charge in [-0.15, -0.1) is 0 Å². The van der Waals surface area contributed by atoms with Crippen molar-refractivity contribution in [2.45, 2.75) is 38.0 Å². The summed E-state index contributed by atoms with van der Waals surface area (Å²) in [6.07, 6.45) is 1.27. The molecule has 148 valence electrons. The highest BCUT2D eigenvalue weighted by Crippen LogP contribution is 2.27. The summed E-state index contributed by atoms with van der Waals surface area (Å²) >= 11 is 0. The zero-order valence-electron chi connectivity index (χ0n) is 15.4. The second-order valence-electron chi connectivity index (χ2n) is 7.09. The largest absolute Gasteiger partial charge is 0.480 e. The Labute approximate surface area is 158 Å². The Hall–Kier alpha value is -2.19. The number of benzene rings is 1. The number of rotatable bonds is 6. The van der Waals surface area contributed by atoms with E-state index in [1.54, 1.807) is 17.0 Å². The van der Waals surface area contributed by atoms with Crippen LogP contribution >= 0.6 is 0 Å². The van der Waals surface area contributed by atoms with E-state index < -0.39 is 5.97 Å². The van der Waals surface area contributed by atoms with Crippen LogP contribution in [0.3, 0.4) is 0 Å². The lowest BCUT2D eigenvalue weighted by Gasteiger charge is -2.43. The lowest BCUT2D eigenvalue weighted by Crippen LogP contribution is -2.57. The first kappa shape index (κ1) is 19.6. The molecule has 7 nitrogen and oxygen atoms in total. The molecule has 3 rings (SSSR count). The van der Waals surface area contributed by atoms with Gasteiger partial charge in [-0.2, -0.15) is 0 Å². The third kappa shape index (κ3) is 4.95. The summed E-state index contributed by atoms with van der Waals surface area (Å²) in [7, 11) is 0. The number of hydrogen-bond donors (Lipinski definition) is 2. The molecule has 1 heterocycles. The van der Waals surface area contributed by atoms with Crippen molar-refractivity contribution in [3.8, 4) is 0 Å². The fraction of sp³-hybridized carbons (Fsp3) is 0.579. The SMILES string of the molecule is CCN(CC(=O)O)C1CC(NC(=O)N2CCOC(c3ccc(F)cc3)C2)C1. The van der Waals surface area contributed by atoms with E-state index in [2.05, 4.69) is 5.32 Å². The van der Waals surface area contributed by atoms with E-state index in [-0.39, 0.29) is 36.6 Å². The van der Waals surface area contributed by atoms with Crippen molar-refractivity contribution in [3.63, 3.8) is 0 Å². The topological polar surface area (TPSA) is 82.1 Å². The molecule has 1 aliphatic carbocycles. The van der Waals surface area contributed by atoms with Crippen molar-refractivity contribution in [1.82, 2.24) is 15.1 Å². The highest BCUT2D eigenvalue weighted by atomic mass is 19.1. The number of ether oxygens (including phenoxy) is 1. The quantitative estimate of drug-likeness (QED) is 0.788. The molecule has 27 heavy (non-hydrogen) atoms. The average Bonchev–Trinajstić information content (AvgIpc) is 2.63. The third-order valence-electron chi connectivity index (χ3n) is 5.30. The van der Waals surface area contributed by atoms with Gasteiger partial charge in [0.15, 0.2) is 0 Å². The van der Waals surface area contributed by atoms with Crippen molar-refractivity contribution >= 4 is 12.0 Å². The number of nitrogens with zero attached hydrogens (tertiary/aromatic N) is 2. The molecule has 1 aromatic carbocycles. The molecule has 2 aliphatic rings. The number of carbonyl (C=O) groups is 2. The summed E-state index contributed by atoms with van der Waals surface area (Å²) < 4.78 is 18.8. The first-order valence-corrected chi connectivity index (χ1v) is 9.34. The van der Waals surface area contributed by atoms with E-state index in [9.17, 15) is 14.0 Å². The summed E-state index contributed by atoms with van der Waals surface area (Å²) in [6.45, 7) is 4.03. The van der Waals surface area contributed by atoms with E-state index >= 15 is 0 Å². The monoisotopic (exact) mass is 379 g/mol. The molecule has 2 N–H and O–H groups in total. The van der Waals surface area contributed by atoms with Gasteiger partial charge in [0.1, 0.15) is 11.9 Å². The van der Waals surface area contributed by atoms with Crippen LogP contribution in [-0.2, 0) is 9.53 Å². The van der Waals surface area contributed by atoms with Crippen molar-refractivity contribution in [3.05, 3.63) is 35.6 Å². The van der Waals surface area contributed by atoms with Crippen molar-refractivity contribution in [2.24, 2.45) is 0 Å². The molecule has 2 amide bonds. The van der Waals surface area contributed by atoms with Crippen LogP contribution in [0.15, 0.2) is 24.3 Å². The number of aliphatic carboxylic acids is 1. The molecule has 1 saturated carbocycles. The second-order valence-corrected chi connectivity index (χ2v) is 7.09. The van der Waals surface area contributed by atoms with Gasteiger partial charge in [0.2, 0.25) is 0 Å².